The van der Waals surface area contributed by atoms with E-state index in [2.05, 4.69) is 4.98 Å². The Labute approximate surface area is 168 Å². The molecule has 1 saturated heterocycles. The van der Waals surface area contributed by atoms with Crippen molar-refractivity contribution >= 4 is 22.8 Å². The topological polar surface area (TPSA) is 77.6 Å². The summed E-state index contributed by atoms with van der Waals surface area (Å²) < 4.78 is 16.7. The molecule has 2 heterocycles. The third-order valence-corrected chi connectivity index (χ3v) is 5.04. The first kappa shape index (κ1) is 19.1. The van der Waals surface area contributed by atoms with Gasteiger partial charge in [0.2, 0.25) is 0 Å². The summed E-state index contributed by atoms with van der Waals surface area (Å²) in [4.78, 5) is 29.2. The summed E-state index contributed by atoms with van der Waals surface area (Å²) in [6.07, 6.45) is 1.83. The fraction of sp³-hybridized carbons (Fsp3) is 0.304. The van der Waals surface area contributed by atoms with Crippen LogP contribution in [0.15, 0.2) is 54.7 Å². The molecule has 1 atom stereocenters. The van der Waals surface area contributed by atoms with Crippen molar-refractivity contribution in [3.63, 3.8) is 0 Å². The van der Waals surface area contributed by atoms with Crippen LogP contribution in [0.2, 0.25) is 0 Å². The van der Waals surface area contributed by atoms with Gasteiger partial charge in [-0.15, -0.1) is 0 Å². The van der Waals surface area contributed by atoms with E-state index in [1.54, 1.807) is 13.8 Å². The van der Waals surface area contributed by atoms with Crippen molar-refractivity contribution in [3.8, 4) is 5.75 Å². The molecule has 0 radical (unpaired) electrons. The van der Waals surface area contributed by atoms with Crippen molar-refractivity contribution in [1.29, 1.82) is 0 Å². The third-order valence-electron chi connectivity index (χ3n) is 5.04. The van der Waals surface area contributed by atoms with Crippen molar-refractivity contribution in [2.45, 2.75) is 32.5 Å². The molecule has 1 fully saturated rings. The molecule has 0 unspecified atom stereocenters. The number of carbonyl (C=O) groups excluding carboxylic acids is 2. The second-order valence-electron chi connectivity index (χ2n) is 7.46. The first-order valence-corrected chi connectivity index (χ1v) is 9.64. The predicted molar refractivity (Wildman–Crippen MR) is 108 cm³/mol. The molecule has 4 rings (SSSR count). The molecule has 0 bridgehead atoms. The van der Waals surface area contributed by atoms with E-state index in [1.807, 2.05) is 61.7 Å². The molecule has 1 aliphatic heterocycles. The number of aromatic amines is 1. The van der Waals surface area contributed by atoms with Crippen molar-refractivity contribution in [2.75, 3.05) is 6.61 Å². The number of hydrogen-bond donors (Lipinski definition) is 1. The highest BCUT2D eigenvalue weighted by Crippen LogP contribution is 2.43. The molecular weight excluding hydrogens is 370 g/mol. The van der Waals surface area contributed by atoms with Crippen LogP contribution in [0.5, 0.6) is 5.75 Å². The number of rotatable bonds is 5. The Kier molecular flexibility index (Phi) is 4.78. The molecule has 1 aromatic heterocycles. The van der Waals surface area contributed by atoms with E-state index in [1.165, 1.54) is 0 Å². The molecule has 6 heteroatoms. The second kappa shape index (κ2) is 7.28. The van der Waals surface area contributed by atoms with Crippen LogP contribution in [0.3, 0.4) is 0 Å². The number of H-pyrrole nitrogens is 1. The van der Waals surface area contributed by atoms with Gasteiger partial charge in [0.25, 0.3) is 5.79 Å². The molecule has 0 aliphatic carbocycles. The summed E-state index contributed by atoms with van der Waals surface area (Å²) in [7, 11) is 0. The van der Waals surface area contributed by atoms with Crippen molar-refractivity contribution < 1.29 is 23.8 Å². The van der Waals surface area contributed by atoms with E-state index in [-0.39, 0.29) is 0 Å². The molecule has 150 valence electrons. The molecule has 2 aromatic carbocycles. The second-order valence-corrected chi connectivity index (χ2v) is 7.46. The van der Waals surface area contributed by atoms with Crippen LogP contribution in [-0.4, -0.2) is 29.3 Å². The van der Waals surface area contributed by atoms with Gasteiger partial charge >= 0.3 is 11.9 Å². The lowest BCUT2D eigenvalue weighted by Gasteiger charge is -2.36. The van der Waals surface area contributed by atoms with Gasteiger partial charge < -0.3 is 19.2 Å². The van der Waals surface area contributed by atoms with Gasteiger partial charge in [-0.05, 0) is 24.6 Å². The van der Waals surface area contributed by atoms with E-state index in [9.17, 15) is 9.59 Å². The highest BCUT2D eigenvalue weighted by atomic mass is 16.7. The van der Waals surface area contributed by atoms with Gasteiger partial charge in [0.05, 0.1) is 6.61 Å². The number of hydrogen-bond acceptors (Lipinski definition) is 5. The Morgan fingerprint density at radius 3 is 2.38 bits per heavy atom. The number of carbonyl (C=O) groups is 2. The van der Waals surface area contributed by atoms with Crippen LogP contribution in [0.25, 0.3) is 10.9 Å². The Hall–Kier alpha value is -3.28. The first-order valence-electron chi connectivity index (χ1n) is 9.64. The van der Waals surface area contributed by atoms with Gasteiger partial charge in [-0.1, -0.05) is 36.4 Å². The monoisotopic (exact) mass is 393 g/mol. The lowest BCUT2D eigenvalue weighted by atomic mass is 9.79. The predicted octanol–water partition coefficient (Wildman–Crippen LogP) is 4.15. The highest BCUT2D eigenvalue weighted by Gasteiger charge is 2.49. The SMILES string of the molecule is CCOc1ccccc1[C@@H](c1c[nH]c2ccccc12)C1C(=O)OC(C)(C)OC1=O. The summed E-state index contributed by atoms with van der Waals surface area (Å²) in [5.74, 6) is -3.63. The van der Waals surface area contributed by atoms with E-state index in [0.29, 0.717) is 12.4 Å². The van der Waals surface area contributed by atoms with E-state index < -0.39 is 29.6 Å². The smallest absolute Gasteiger partial charge is 0.324 e. The lowest BCUT2D eigenvalue weighted by Crippen LogP contribution is -2.48. The van der Waals surface area contributed by atoms with Crippen LogP contribution in [0, 0.1) is 5.92 Å². The van der Waals surface area contributed by atoms with Gasteiger partial charge in [-0.2, -0.15) is 0 Å². The Morgan fingerprint density at radius 1 is 1.00 bits per heavy atom. The fourth-order valence-corrected chi connectivity index (χ4v) is 3.90. The highest BCUT2D eigenvalue weighted by molar-refractivity contribution is 5.99. The molecule has 0 spiro atoms. The van der Waals surface area contributed by atoms with Crippen LogP contribution < -0.4 is 4.74 Å². The number of benzene rings is 2. The Bertz CT molecular complexity index is 1050. The van der Waals surface area contributed by atoms with Crippen LogP contribution in [0.4, 0.5) is 0 Å². The summed E-state index contributed by atoms with van der Waals surface area (Å²) in [6.45, 7) is 5.45. The van der Waals surface area contributed by atoms with Crippen molar-refractivity contribution in [3.05, 3.63) is 65.9 Å². The molecule has 1 aliphatic rings. The van der Waals surface area contributed by atoms with E-state index in [4.69, 9.17) is 14.2 Å². The molecule has 3 aromatic rings. The van der Waals surface area contributed by atoms with E-state index >= 15 is 0 Å². The molecule has 29 heavy (non-hydrogen) atoms. The molecule has 0 saturated carbocycles. The minimum atomic E-state index is -1.28. The lowest BCUT2D eigenvalue weighted by molar-refractivity contribution is -0.240. The summed E-state index contributed by atoms with van der Waals surface area (Å²) in [5.41, 5.74) is 2.46. The molecule has 1 N–H and O–H groups in total. The van der Waals surface area contributed by atoms with Crippen LogP contribution in [-0.2, 0) is 19.1 Å². The maximum Gasteiger partial charge on any atom is 0.324 e. The number of nitrogens with one attached hydrogen (secondary N) is 1. The molecule has 6 nitrogen and oxygen atoms in total. The maximum atomic E-state index is 13.0. The Morgan fingerprint density at radius 2 is 1.66 bits per heavy atom. The van der Waals surface area contributed by atoms with Crippen molar-refractivity contribution in [2.24, 2.45) is 5.92 Å². The number of fused-ring (bicyclic) bond motifs is 1. The molecule has 0 amide bonds. The van der Waals surface area contributed by atoms with Gasteiger partial charge in [-0.25, -0.2) is 0 Å². The average molecular weight is 393 g/mol. The number of ether oxygens (including phenoxy) is 3. The standard InChI is InChI=1S/C23H23NO5/c1-4-27-18-12-8-6-10-15(18)19(16-13-24-17-11-7-5-9-14(16)17)20-21(25)28-23(2,3)29-22(20)26/h5-13,19-20,24H,4H2,1-3H3/t19-/m0/s1. The van der Waals surface area contributed by atoms with E-state index in [0.717, 1.165) is 22.0 Å². The average Bonchev–Trinajstić information content (AvgIpc) is 3.09. The zero-order valence-corrected chi connectivity index (χ0v) is 16.6. The largest absolute Gasteiger partial charge is 0.494 e. The van der Waals surface area contributed by atoms with Gasteiger partial charge in [0.15, 0.2) is 5.92 Å². The summed E-state index contributed by atoms with van der Waals surface area (Å²) in [5, 5.41) is 0.925. The normalized spacial score (nSPS) is 17.6. The number of esters is 2. The minimum Gasteiger partial charge on any atom is -0.494 e. The number of cyclic esters (lactones) is 2. The maximum absolute atomic E-state index is 13.0. The quantitative estimate of drug-likeness (QED) is 0.520. The van der Waals surface area contributed by atoms with Gasteiger partial charge in [-0.3, -0.25) is 9.59 Å². The van der Waals surface area contributed by atoms with Gasteiger partial charge in [0.1, 0.15) is 5.75 Å². The summed E-state index contributed by atoms with van der Waals surface area (Å²) in [6, 6.07) is 15.2. The van der Waals surface area contributed by atoms with Crippen molar-refractivity contribution in [1.82, 2.24) is 4.98 Å². The zero-order valence-electron chi connectivity index (χ0n) is 16.6. The minimum absolute atomic E-state index is 0.463. The number of aromatic nitrogens is 1. The van der Waals surface area contributed by atoms with Gasteiger partial charge in [0, 0.05) is 42.4 Å². The first-order chi connectivity index (χ1) is 13.9. The third kappa shape index (κ3) is 3.46. The fourth-order valence-electron chi connectivity index (χ4n) is 3.90. The zero-order chi connectivity index (χ0) is 20.6. The Balaban J connectivity index is 1.91. The van der Waals surface area contributed by atoms with Crippen LogP contribution in [0.1, 0.15) is 37.8 Å². The number of para-hydroxylation sites is 2. The summed E-state index contributed by atoms with van der Waals surface area (Å²) >= 11 is 0. The molecular formula is C23H23NO5. The van der Waals surface area contributed by atoms with Crippen LogP contribution >= 0.6 is 0 Å².